The van der Waals surface area contributed by atoms with E-state index in [9.17, 15) is 18.0 Å². The summed E-state index contributed by atoms with van der Waals surface area (Å²) in [6, 6.07) is 2.90. The molecule has 1 rings (SSSR count). The molecule has 0 bridgehead atoms. The molecule has 88 valence electrons. The van der Waals surface area contributed by atoms with Crippen molar-refractivity contribution in [1.29, 1.82) is 0 Å². The van der Waals surface area contributed by atoms with Gasteiger partial charge >= 0.3 is 6.43 Å². The number of ketones is 1. The first-order valence-corrected chi connectivity index (χ1v) is 4.81. The topological polar surface area (TPSA) is 26.3 Å². The van der Waals surface area contributed by atoms with Gasteiger partial charge in [-0.1, -0.05) is 6.92 Å². The highest BCUT2D eigenvalue weighted by Crippen LogP contribution is 2.22. The van der Waals surface area contributed by atoms with Crippen molar-refractivity contribution in [2.24, 2.45) is 0 Å². The van der Waals surface area contributed by atoms with E-state index in [1.807, 2.05) is 6.92 Å². The molecule has 0 atom stereocenters. The molecule has 0 radical (unpaired) electrons. The maximum Gasteiger partial charge on any atom is 0.300 e. The fraction of sp³-hybridized carbons (Fsp3) is 0.364. The maximum absolute atomic E-state index is 12.9. The highest BCUT2D eigenvalue weighted by Gasteiger charge is 2.22. The number of hydrogen-bond acceptors (Lipinski definition) is 2. The van der Waals surface area contributed by atoms with Gasteiger partial charge in [-0.05, 0) is 18.6 Å². The van der Waals surface area contributed by atoms with Crippen molar-refractivity contribution >= 4 is 5.78 Å². The van der Waals surface area contributed by atoms with Gasteiger partial charge in [0.15, 0.2) is 0 Å². The molecule has 16 heavy (non-hydrogen) atoms. The molecule has 0 N–H and O–H groups in total. The van der Waals surface area contributed by atoms with Crippen molar-refractivity contribution in [2.45, 2.75) is 19.8 Å². The lowest BCUT2D eigenvalue weighted by Gasteiger charge is -2.09. The number of carbonyl (C=O) groups excluding carboxylic acids is 1. The Morgan fingerprint density at radius 1 is 1.44 bits per heavy atom. The number of benzene rings is 1. The second-order valence-electron chi connectivity index (χ2n) is 3.15. The highest BCUT2D eigenvalue weighted by molar-refractivity contribution is 6.00. The third-order valence-electron chi connectivity index (χ3n) is 1.87. The first-order chi connectivity index (χ1) is 7.56. The monoisotopic (exact) mass is 232 g/mol. The molecule has 0 aliphatic rings. The molecule has 0 unspecified atom stereocenters. The van der Waals surface area contributed by atoms with Gasteiger partial charge in [-0.15, -0.1) is 0 Å². The van der Waals surface area contributed by atoms with Crippen LogP contribution in [0.5, 0.6) is 5.75 Å². The molecule has 0 aliphatic carbocycles. The molecule has 0 heterocycles. The summed E-state index contributed by atoms with van der Waals surface area (Å²) < 4.78 is 42.3. The molecular weight excluding hydrogens is 221 g/mol. The van der Waals surface area contributed by atoms with E-state index in [1.165, 1.54) is 0 Å². The normalized spacial score (nSPS) is 10.6. The van der Waals surface area contributed by atoms with Crippen molar-refractivity contribution in [3.63, 3.8) is 0 Å². The summed E-state index contributed by atoms with van der Waals surface area (Å²) in [7, 11) is 0. The average molecular weight is 232 g/mol. The standard InChI is InChI=1S/C11H11F3O2/c1-2-5-16-9-6-7(12)3-4-8(9)10(15)11(13)14/h3-4,6,11H,2,5H2,1H3. The molecule has 0 aliphatic heterocycles. The lowest BCUT2D eigenvalue weighted by Crippen LogP contribution is -2.12. The van der Waals surface area contributed by atoms with Gasteiger partial charge in [0, 0.05) is 6.07 Å². The second kappa shape index (κ2) is 5.53. The molecule has 0 aromatic heterocycles. The van der Waals surface area contributed by atoms with Crippen LogP contribution >= 0.6 is 0 Å². The van der Waals surface area contributed by atoms with Gasteiger partial charge in [-0.3, -0.25) is 4.79 Å². The quantitative estimate of drug-likeness (QED) is 0.729. The van der Waals surface area contributed by atoms with Crippen molar-refractivity contribution in [3.05, 3.63) is 29.6 Å². The van der Waals surface area contributed by atoms with Gasteiger partial charge in [0.25, 0.3) is 0 Å². The molecule has 0 saturated heterocycles. The molecule has 0 saturated carbocycles. The van der Waals surface area contributed by atoms with Crippen LogP contribution in [0.1, 0.15) is 23.7 Å². The van der Waals surface area contributed by atoms with Crippen LogP contribution in [-0.4, -0.2) is 18.8 Å². The zero-order valence-corrected chi connectivity index (χ0v) is 8.67. The van der Waals surface area contributed by atoms with Crippen LogP contribution in [0.15, 0.2) is 18.2 Å². The summed E-state index contributed by atoms with van der Waals surface area (Å²) in [4.78, 5) is 11.1. The fourth-order valence-corrected chi connectivity index (χ4v) is 1.15. The Bertz CT molecular complexity index is 377. The summed E-state index contributed by atoms with van der Waals surface area (Å²) >= 11 is 0. The Morgan fingerprint density at radius 3 is 2.69 bits per heavy atom. The maximum atomic E-state index is 12.9. The first kappa shape index (κ1) is 12.5. The predicted molar refractivity (Wildman–Crippen MR) is 52.5 cm³/mol. The van der Waals surface area contributed by atoms with Gasteiger partial charge in [-0.25, -0.2) is 13.2 Å². The van der Waals surface area contributed by atoms with Crippen LogP contribution in [0.2, 0.25) is 0 Å². The van der Waals surface area contributed by atoms with E-state index in [4.69, 9.17) is 4.74 Å². The Balaban J connectivity index is 3.02. The van der Waals surface area contributed by atoms with Crippen LogP contribution < -0.4 is 4.74 Å². The molecule has 1 aromatic rings. The summed E-state index contributed by atoms with van der Waals surface area (Å²) in [5.41, 5.74) is -0.287. The van der Waals surface area contributed by atoms with E-state index in [-0.39, 0.29) is 17.9 Å². The number of hydrogen-bond donors (Lipinski definition) is 0. The van der Waals surface area contributed by atoms with E-state index in [1.54, 1.807) is 0 Å². The molecule has 0 spiro atoms. The Labute approximate surface area is 91.0 Å². The van der Waals surface area contributed by atoms with Crippen LogP contribution in [-0.2, 0) is 0 Å². The number of carbonyl (C=O) groups is 1. The highest BCUT2D eigenvalue weighted by atomic mass is 19.3. The van der Waals surface area contributed by atoms with Gasteiger partial charge < -0.3 is 4.74 Å². The molecule has 0 amide bonds. The van der Waals surface area contributed by atoms with Gasteiger partial charge in [0.1, 0.15) is 11.6 Å². The Kier molecular flexibility index (Phi) is 4.34. The number of alkyl halides is 2. The summed E-state index contributed by atoms with van der Waals surface area (Å²) in [5, 5.41) is 0. The minimum absolute atomic E-state index is 0.132. The van der Waals surface area contributed by atoms with Gasteiger partial charge in [-0.2, -0.15) is 0 Å². The zero-order chi connectivity index (χ0) is 12.1. The number of halogens is 3. The second-order valence-corrected chi connectivity index (χ2v) is 3.15. The molecular formula is C11H11F3O2. The minimum atomic E-state index is -3.12. The van der Waals surface area contributed by atoms with Gasteiger partial charge in [0.05, 0.1) is 12.2 Å². The van der Waals surface area contributed by atoms with E-state index in [2.05, 4.69) is 0 Å². The lowest BCUT2D eigenvalue weighted by atomic mass is 10.1. The number of ether oxygens (including phenoxy) is 1. The first-order valence-electron chi connectivity index (χ1n) is 4.81. The third-order valence-corrected chi connectivity index (χ3v) is 1.87. The predicted octanol–water partition coefficient (Wildman–Crippen LogP) is 3.06. The number of Topliss-reactive ketones (excluding diaryl/α,β-unsaturated/α-hetero) is 1. The third kappa shape index (κ3) is 2.98. The largest absolute Gasteiger partial charge is 0.493 e. The van der Waals surface area contributed by atoms with Crippen molar-refractivity contribution in [3.8, 4) is 5.75 Å². The van der Waals surface area contributed by atoms with Crippen LogP contribution in [0.4, 0.5) is 13.2 Å². The molecule has 1 aromatic carbocycles. The Hall–Kier alpha value is -1.52. The molecule has 5 heteroatoms. The van der Waals surface area contributed by atoms with E-state index in [0.29, 0.717) is 6.42 Å². The smallest absolute Gasteiger partial charge is 0.300 e. The molecule has 2 nitrogen and oxygen atoms in total. The van der Waals surface area contributed by atoms with Crippen LogP contribution in [0, 0.1) is 5.82 Å². The number of rotatable bonds is 5. The van der Waals surface area contributed by atoms with E-state index >= 15 is 0 Å². The molecule has 0 fully saturated rings. The summed E-state index contributed by atoms with van der Waals surface area (Å²) in [5.74, 6) is -2.12. The van der Waals surface area contributed by atoms with E-state index in [0.717, 1.165) is 18.2 Å². The Morgan fingerprint density at radius 2 is 2.12 bits per heavy atom. The average Bonchev–Trinajstić information content (AvgIpc) is 2.25. The summed E-state index contributed by atoms with van der Waals surface area (Å²) in [6.45, 7) is 2.06. The van der Waals surface area contributed by atoms with Crippen molar-refractivity contribution in [2.75, 3.05) is 6.61 Å². The summed E-state index contributed by atoms with van der Waals surface area (Å²) in [6.07, 6.45) is -2.48. The zero-order valence-electron chi connectivity index (χ0n) is 8.67. The lowest BCUT2D eigenvalue weighted by molar-refractivity contribution is 0.0674. The van der Waals surface area contributed by atoms with E-state index < -0.39 is 18.0 Å². The van der Waals surface area contributed by atoms with Crippen LogP contribution in [0.3, 0.4) is 0 Å². The van der Waals surface area contributed by atoms with Gasteiger partial charge in [0.2, 0.25) is 5.78 Å². The van der Waals surface area contributed by atoms with Crippen LogP contribution in [0.25, 0.3) is 0 Å². The SMILES string of the molecule is CCCOc1cc(F)ccc1C(=O)C(F)F. The van der Waals surface area contributed by atoms with Crippen molar-refractivity contribution in [1.82, 2.24) is 0 Å². The minimum Gasteiger partial charge on any atom is -0.493 e. The van der Waals surface area contributed by atoms with Crippen molar-refractivity contribution < 1.29 is 22.7 Å². The fourth-order valence-electron chi connectivity index (χ4n) is 1.15.